The monoisotopic (exact) mass is 389 g/mol. The minimum absolute atomic E-state index is 0.255. The van der Waals surface area contributed by atoms with E-state index in [4.69, 9.17) is 16.3 Å². The Labute approximate surface area is 161 Å². The van der Waals surface area contributed by atoms with E-state index in [-0.39, 0.29) is 12.5 Å². The molecule has 9 heteroatoms. The number of benzene rings is 1. The molecular formula is C18H20ClN5O3. The minimum Gasteiger partial charge on any atom is -0.492 e. The molecule has 1 unspecified atom stereocenters. The van der Waals surface area contributed by atoms with Gasteiger partial charge in [0.25, 0.3) is 5.91 Å². The van der Waals surface area contributed by atoms with E-state index in [1.54, 1.807) is 23.5 Å². The lowest BCUT2D eigenvalue weighted by Gasteiger charge is -2.28. The Bertz CT molecular complexity index is 868. The quantitative estimate of drug-likeness (QED) is 0.703. The Kier molecular flexibility index (Phi) is 5.00. The van der Waals surface area contributed by atoms with Crippen molar-refractivity contribution in [2.75, 3.05) is 13.2 Å². The lowest BCUT2D eigenvalue weighted by Crippen LogP contribution is -2.39. The Morgan fingerprint density at radius 3 is 3.04 bits per heavy atom. The molecule has 4 rings (SSSR count). The van der Waals surface area contributed by atoms with Gasteiger partial charge in [0.15, 0.2) is 0 Å². The van der Waals surface area contributed by atoms with Gasteiger partial charge in [0.05, 0.1) is 36.8 Å². The van der Waals surface area contributed by atoms with Crippen molar-refractivity contribution in [2.45, 2.75) is 32.0 Å². The third-order valence-electron chi connectivity index (χ3n) is 4.72. The van der Waals surface area contributed by atoms with E-state index >= 15 is 0 Å². The van der Waals surface area contributed by atoms with Crippen LogP contribution < -0.4 is 10.1 Å². The zero-order chi connectivity index (χ0) is 18.8. The van der Waals surface area contributed by atoms with Gasteiger partial charge in [-0.15, -0.1) is 0 Å². The number of aryl methyl sites for hydroxylation is 1. The van der Waals surface area contributed by atoms with Crippen LogP contribution in [0.5, 0.6) is 5.75 Å². The highest BCUT2D eigenvalue weighted by molar-refractivity contribution is 6.33. The maximum absolute atomic E-state index is 11.9. The summed E-state index contributed by atoms with van der Waals surface area (Å²) >= 11 is 6.54. The number of hydrogen-bond donors (Lipinski definition) is 2. The number of fused-ring (bicyclic) bond motifs is 2. The first-order valence-corrected chi connectivity index (χ1v) is 9.22. The first kappa shape index (κ1) is 17.8. The van der Waals surface area contributed by atoms with Crippen LogP contribution in [0, 0.1) is 0 Å². The Hall–Kier alpha value is -2.58. The summed E-state index contributed by atoms with van der Waals surface area (Å²) in [6.07, 6.45) is 7.38. The van der Waals surface area contributed by atoms with Crippen LogP contribution >= 0.6 is 11.6 Å². The zero-order valence-corrected chi connectivity index (χ0v) is 15.4. The number of carbonyl (C=O) groups is 1. The summed E-state index contributed by atoms with van der Waals surface area (Å²) < 4.78 is 7.88. The third kappa shape index (κ3) is 3.50. The van der Waals surface area contributed by atoms with E-state index in [1.807, 2.05) is 16.8 Å². The summed E-state index contributed by atoms with van der Waals surface area (Å²) in [5.74, 6) is 0.807. The number of imidazole rings is 1. The van der Waals surface area contributed by atoms with E-state index in [1.165, 1.54) is 0 Å². The van der Waals surface area contributed by atoms with Crippen molar-refractivity contribution in [3.63, 3.8) is 0 Å². The van der Waals surface area contributed by atoms with Crippen LogP contribution in [0.3, 0.4) is 0 Å². The van der Waals surface area contributed by atoms with Gasteiger partial charge >= 0.3 is 0 Å². The molecule has 1 saturated heterocycles. The largest absolute Gasteiger partial charge is 0.492 e. The fraction of sp³-hybridized carbons (Fsp3) is 0.389. The lowest BCUT2D eigenvalue weighted by molar-refractivity contribution is -0.122. The minimum atomic E-state index is -0.638. The Morgan fingerprint density at radius 1 is 1.37 bits per heavy atom. The van der Waals surface area contributed by atoms with E-state index in [2.05, 4.69) is 15.3 Å². The highest BCUT2D eigenvalue weighted by Gasteiger charge is 2.39. The summed E-state index contributed by atoms with van der Waals surface area (Å²) in [5, 5.41) is 12.7. The molecule has 1 fully saturated rings. The molecule has 2 aromatic rings. The molecule has 1 aromatic carbocycles. The van der Waals surface area contributed by atoms with Gasteiger partial charge in [-0.1, -0.05) is 11.6 Å². The number of aromatic nitrogens is 2. The number of unbranched alkanes of at least 4 members (excludes halogenated alkanes) is 1. The molecule has 2 aliphatic heterocycles. The standard InChI is InChI=1S/C18H20ClN5O3/c19-16-12-9-24-14(10-25)17(26)22-18(24)21-13(12)3-4-15(16)27-8-2-1-6-23-7-5-20-11-23/h3-5,7,11,14,25H,1-2,6,8-10H2,(H,21,22,26). The molecule has 0 saturated carbocycles. The number of hydrogen-bond acceptors (Lipinski definition) is 6. The van der Waals surface area contributed by atoms with E-state index in [0.717, 1.165) is 24.9 Å². The van der Waals surface area contributed by atoms with Crippen molar-refractivity contribution in [1.82, 2.24) is 19.8 Å². The second-order valence-electron chi connectivity index (χ2n) is 6.48. The molecule has 1 atom stereocenters. The molecule has 8 nitrogen and oxygen atoms in total. The predicted octanol–water partition coefficient (Wildman–Crippen LogP) is 1.69. The summed E-state index contributed by atoms with van der Waals surface area (Å²) in [6.45, 7) is 1.59. The number of carbonyl (C=O) groups excluding carboxylic acids is 1. The van der Waals surface area contributed by atoms with Crippen molar-refractivity contribution in [3.05, 3.63) is 41.4 Å². The molecule has 0 aliphatic carbocycles. The van der Waals surface area contributed by atoms with Crippen LogP contribution in [0.1, 0.15) is 18.4 Å². The average molecular weight is 390 g/mol. The number of amides is 1. The molecule has 0 bridgehead atoms. The Morgan fingerprint density at radius 2 is 2.26 bits per heavy atom. The van der Waals surface area contributed by atoms with Crippen molar-refractivity contribution < 1.29 is 14.6 Å². The molecule has 2 N–H and O–H groups in total. The van der Waals surface area contributed by atoms with Gasteiger partial charge < -0.3 is 19.3 Å². The SMILES string of the molecule is O=C1NC2=Nc3ccc(OCCCCn4ccnc4)c(Cl)c3CN2C1CO. The van der Waals surface area contributed by atoms with Crippen molar-refractivity contribution in [1.29, 1.82) is 0 Å². The fourth-order valence-electron chi connectivity index (χ4n) is 3.25. The highest BCUT2D eigenvalue weighted by Crippen LogP contribution is 2.39. The van der Waals surface area contributed by atoms with Crippen molar-refractivity contribution in [3.8, 4) is 5.75 Å². The van der Waals surface area contributed by atoms with Gasteiger partial charge in [-0.25, -0.2) is 9.98 Å². The summed E-state index contributed by atoms with van der Waals surface area (Å²) in [6, 6.07) is 3.00. The average Bonchev–Trinajstić information content (AvgIpc) is 3.28. The van der Waals surface area contributed by atoms with Crippen LogP contribution in [-0.2, 0) is 17.9 Å². The number of aliphatic hydroxyl groups excluding tert-OH is 1. The van der Waals surface area contributed by atoms with Crippen LogP contribution in [0.4, 0.5) is 5.69 Å². The van der Waals surface area contributed by atoms with Gasteiger partial charge in [0.2, 0.25) is 5.96 Å². The first-order chi connectivity index (χ1) is 13.2. The molecule has 0 spiro atoms. The molecule has 2 aliphatic rings. The molecule has 142 valence electrons. The maximum atomic E-state index is 11.9. The summed E-state index contributed by atoms with van der Waals surface area (Å²) in [7, 11) is 0. The number of guanidine groups is 1. The molecule has 3 heterocycles. The number of rotatable bonds is 7. The summed E-state index contributed by atoms with van der Waals surface area (Å²) in [4.78, 5) is 22.1. The van der Waals surface area contributed by atoms with Gasteiger partial charge in [-0.3, -0.25) is 10.1 Å². The van der Waals surface area contributed by atoms with Gasteiger partial charge in [0, 0.05) is 24.5 Å². The second kappa shape index (κ2) is 7.58. The van der Waals surface area contributed by atoms with E-state index in [9.17, 15) is 9.90 Å². The fourth-order valence-corrected chi connectivity index (χ4v) is 3.53. The highest BCUT2D eigenvalue weighted by atomic mass is 35.5. The maximum Gasteiger partial charge on any atom is 0.251 e. The number of halogens is 1. The number of nitrogens with zero attached hydrogens (tertiary/aromatic N) is 4. The number of nitrogens with one attached hydrogen (secondary N) is 1. The van der Waals surface area contributed by atoms with Gasteiger partial charge in [-0.05, 0) is 25.0 Å². The predicted molar refractivity (Wildman–Crippen MR) is 100 cm³/mol. The lowest BCUT2D eigenvalue weighted by atomic mass is 10.1. The number of aliphatic imine (C=N–C) groups is 1. The third-order valence-corrected chi connectivity index (χ3v) is 5.14. The smallest absolute Gasteiger partial charge is 0.251 e. The molecule has 0 radical (unpaired) electrons. The molecule has 27 heavy (non-hydrogen) atoms. The Balaban J connectivity index is 1.40. The first-order valence-electron chi connectivity index (χ1n) is 8.84. The molecular weight excluding hydrogens is 370 g/mol. The molecule has 1 aromatic heterocycles. The van der Waals surface area contributed by atoms with Gasteiger partial charge in [-0.2, -0.15) is 0 Å². The summed E-state index contributed by atoms with van der Waals surface area (Å²) in [5.41, 5.74) is 1.50. The molecule has 1 amide bonds. The second-order valence-corrected chi connectivity index (χ2v) is 6.86. The topological polar surface area (TPSA) is 92.0 Å². The number of ether oxygens (including phenoxy) is 1. The van der Waals surface area contributed by atoms with E-state index in [0.29, 0.717) is 35.6 Å². The van der Waals surface area contributed by atoms with Crippen LogP contribution in [0.2, 0.25) is 5.02 Å². The van der Waals surface area contributed by atoms with Crippen LogP contribution in [0.15, 0.2) is 35.8 Å². The van der Waals surface area contributed by atoms with Crippen molar-refractivity contribution >= 4 is 29.2 Å². The van der Waals surface area contributed by atoms with E-state index < -0.39 is 6.04 Å². The van der Waals surface area contributed by atoms with Gasteiger partial charge in [0.1, 0.15) is 11.8 Å². The zero-order valence-electron chi connectivity index (χ0n) is 14.6. The van der Waals surface area contributed by atoms with Crippen molar-refractivity contribution in [2.24, 2.45) is 4.99 Å². The normalized spacial score (nSPS) is 18.0. The van der Waals surface area contributed by atoms with Crippen LogP contribution in [0.25, 0.3) is 0 Å². The van der Waals surface area contributed by atoms with Crippen LogP contribution in [-0.4, -0.2) is 50.7 Å². The number of aliphatic hydroxyl groups is 1.